The highest BCUT2D eigenvalue weighted by molar-refractivity contribution is 5.78. The largest absolute Gasteiger partial charge is 0.389 e. The molecule has 4 heteroatoms. The van der Waals surface area contributed by atoms with Crippen molar-refractivity contribution in [3.63, 3.8) is 0 Å². The molecule has 1 unspecified atom stereocenters. The first kappa shape index (κ1) is 12.5. The molecule has 4 nitrogen and oxygen atoms in total. The molecule has 1 aliphatic heterocycles. The molecule has 15 heavy (non-hydrogen) atoms. The number of rotatable bonds is 4. The molecule has 0 aromatic heterocycles. The first-order chi connectivity index (χ1) is 6.89. The molecule has 0 saturated carbocycles. The second-order valence-electron chi connectivity index (χ2n) is 5.16. The Bertz CT molecular complexity index is 227. The number of carbonyl (C=O) groups is 1. The molecule has 1 aliphatic rings. The first-order valence-electron chi connectivity index (χ1n) is 5.60. The van der Waals surface area contributed by atoms with E-state index >= 15 is 0 Å². The fourth-order valence-electron chi connectivity index (χ4n) is 1.75. The number of nitrogens with one attached hydrogen (secondary N) is 1. The predicted molar refractivity (Wildman–Crippen MR) is 59.5 cm³/mol. The minimum absolute atomic E-state index is 0.0569. The summed E-state index contributed by atoms with van der Waals surface area (Å²) in [6, 6.07) is 0. The number of amides is 1. The van der Waals surface area contributed by atoms with Crippen LogP contribution in [0.4, 0.5) is 0 Å². The third-order valence-electron chi connectivity index (χ3n) is 2.61. The van der Waals surface area contributed by atoms with Gasteiger partial charge in [-0.05, 0) is 19.3 Å². The van der Waals surface area contributed by atoms with Crippen LogP contribution in [0.15, 0.2) is 0 Å². The number of nitrogens with zero attached hydrogens (tertiary/aromatic N) is 1. The Morgan fingerprint density at radius 1 is 1.60 bits per heavy atom. The maximum atomic E-state index is 11.5. The molecule has 1 fully saturated rings. The second kappa shape index (κ2) is 4.94. The van der Waals surface area contributed by atoms with Crippen LogP contribution in [0.25, 0.3) is 0 Å². The summed E-state index contributed by atoms with van der Waals surface area (Å²) in [6.07, 6.45) is 0.754. The molecule has 0 aromatic carbocycles. The average Bonchev–Trinajstić information content (AvgIpc) is 2.42. The minimum atomic E-state index is -0.613. The molecule has 1 atom stereocenters. The van der Waals surface area contributed by atoms with Gasteiger partial charge < -0.3 is 10.4 Å². The van der Waals surface area contributed by atoms with Crippen molar-refractivity contribution in [1.82, 2.24) is 10.2 Å². The van der Waals surface area contributed by atoms with Gasteiger partial charge in [0.05, 0.1) is 12.1 Å². The molecule has 1 saturated heterocycles. The van der Waals surface area contributed by atoms with Crippen molar-refractivity contribution in [1.29, 1.82) is 0 Å². The van der Waals surface area contributed by atoms with E-state index in [2.05, 4.69) is 19.2 Å². The van der Waals surface area contributed by atoms with Crippen LogP contribution in [0, 0.1) is 5.92 Å². The molecule has 0 radical (unpaired) electrons. The van der Waals surface area contributed by atoms with Gasteiger partial charge in [0.2, 0.25) is 5.91 Å². The van der Waals surface area contributed by atoms with Gasteiger partial charge in [-0.25, -0.2) is 0 Å². The van der Waals surface area contributed by atoms with Gasteiger partial charge in [0.15, 0.2) is 0 Å². The highest BCUT2D eigenvalue weighted by atomic mass is 16.3. The van der Waals surface area contributed by atoms with Crippen LogP contribution in [0.3, 0.4) is 0 Å². The van der Waals surface area contributed by atoms with Crippen molar-refractivity contribution in [2.24, 2.45) is 5.92 Å². The summed E-state index contributed by atoms with van der Waals surface area (Å²) < 4.78 is 0. The van der Waals surface area contributed by atoms with E-state index in [1.54, 1.807) is 0 Å². The summed E-state index contributed by atoms with van der Waals surface area (Å²) in [5.74, 6) is 0.539. The van der Waals surface area contributed by atoms with E-state index in [4.69, 9.17) is 0 Å². The normalized spacial score (nSPS) is 27.3. The molecule has 0 aromatic rings. The van der Waals surface area contributed by atoms with Crippen molar-refractivity contribution < 1.29 is 9.90 Å². The van der Waals surface area contributed by atoms with Crippen molar-refractivity contribution in [3.05, 3.63) is 0 Å². The lowest BCUT2D eigenvalue weighted by Crippen LogP contribution is -2.39. The minimum Gasteiger partial charge on any atom is -0.389 e. The maximum Gasteiger partial charge on any atom is 0.234 e. The number of aliphatic hydroxyl groups is 1. The summed E-state index contributed by atoms with van der Waals surface area (Å²) in [4.78, 5) is 13.5. The molecule has 2 N–H and O–H groups in total. The van der Waals surface area contributed by atoms with Crippen molar-refractivity contribution >= 4 is 5.91 Å². The lowest BCUT2D eigenvalue weighted by molar-refractivity contribution is -0.122. The van der Waals surface area contributed by atoms with Gasteiger partial charge in [-0.3, -0.25) is 9.69 Å². The van der Waals surface area contributed by atoms with E-state index in [1.807, 2.05) is 11.8 Å². The van der Waals surface area contributed by atoms with Crippen LogP contribution >= 0.6 is 0 Å². The van der Waals surface area contributed by atoms with Crippen molar-refractivity contribution in [2.45, 2.75) is 32.8 Å². The molecule has 1 rings (SSSR count). The molecule has 1 amide bonds. The van der Waals surface area contributed by atoms with Gasteiger partial charge in [-0.15, -0.1) is 0 Å². The zero-order valence-corrected chi connectivity index (χ0v) is 9.92. The zero-order valence-electron chi connectivity index (χ0n) is 9.92. The van der Waals surface area contributed by atoms with Crippen LogP contribution < -0.4 is 5.32 Å². The molecule has 88 valence electrons. The molecule has 0 spiro atoms. The Morgan fingerprint density at radius 3 is 2.73 bits per heavy atom. The van der Waals surface area contributed by atoms with Crippen LogP contribution in [0.2, 0.25) is 0 Å². The monoisotopic (exact) mass is 214 g/mol. The van der Waals surface area contributed by atoms with Gasteiger partial charge in [0.1, 0.15) is 0 Å². The van der Waals surface area contributed by atoms with Gasteiger partial charge in [0, 0.05) is 19.6 Å². The average molecular weight is 214 g/mol. The third-order valence-corrected chi connectivity index (χ3v) is 2.61. The number of hydrogen-bond acceptors (Lipinski definition) is 3. The maximum absolute atomic E-state index is 11.5. The van der Waals surface area contributed by atoms with Crippen molar-refractivity contribution in [3.8, 4) is 0 Å². The van der Waals surface area contributed by atoms with Gasteiger partial charge in [0.25, 0.3) is 0 Å². The number of β-amino-alcohol motifs (C(OH)–C–C–N with tert-alkyl or cyclic N) is 1. The van der Waals surface area contributed by atoms with E-state index in [0.29, 0.717) is 19.0 Å². The Labute approximate surface area is 91.6 Å². The quantitative estimate of drug-likeness (QED) is 0.703. The number of hydrogen-bond donors (Lipinski definition) is 2. The summed E-state index contributed by atoms with van der Waals surface area (Å²) >= 11 is 0. The summed E-state index contributed by atoms with van der Waals surface area (Å²) in [5.41, 5.74) is -0.613. The summed E-state index contributed by atoms with van der Waals surface area (Å²) in [7, 11) is 0. The van der Waals surface area contributed by atoms with E-state index in [1.165, 1.54) is 0 Å². The van der Waals surface area contributed by atoms with E-state index in [9.17, 15) is 9.90 Å². The molecule has 0 bridgehead atoms. The molecule has 1 heterocycles. The number of likely N-dealkylation sites (tertiary alicyclic amines) is 1. The lowest BCUT2D eigenvalue weighted by Gasteiger charge is -2.18. The van der Waals surface area contributed by atoms with E-state index < -0.39 is 5.60 Å². The Morgan fingerprint density at radius 2 is 2.27 bits per heavy atom. The molecule has 0 aliphatic carbocycles. The molecular formula is C11H22N2O2. The predicted octanol–water partition coefficient (Wildman–Crippen LogP) is 0.215. The highest BCUT2D eigenvalue weighted by Gasteiger charge is 2.31. The second-order valence-corrected chi connectivity index (χ2v) is 5.16. The van der Waals surface area contributed by atoms with Crippen LogP contribution in [-0.4, -0.2) is 47.7 Å². The smallest absolute Gasteiger partial charge is 0.234 e. The Balaban J connectivity index is 2.22. The van der Waals surface area contributed by atoms with Crippen LogP contribution in [0.1, 0.15) is 27.2 Å². The highest BCUT2D eigenvalue weighted by Crippen LogP contribution is 2.19. The number of carbonyl (C=O) groups excluding carboxylic acids is 1. The fourth-order valence-corrected chi connectivity index (χ4v) is 1.75. The van der Waals surface area contributed by atoms with Crippen LogP contribution in [0.5, 0.6) is 0 Å². The van der Waals surface area contributed by atoms with E-state index in [-0.39, 0.29) is 5.91 Å². The van der Waals surface area contributed by atoms with Crippen molar-refractivity contribution in [2.75, 3.05) is 26.2 Å². The van der Waals surface area contributed by atoms with Gasteiger partial charge in [-0.2, -0.15) is 0 Å². The van der Waals surface area contributed by atoms with Gasteiger partial charge in [-0.1, -0.05) is 13.8 Å². The standard InChI is InChI=1S/C11H22N2O2/c1-9(2)6-12-10(14)7-13-5-4-11(3,15)8-13/h9,15H,4-8H2,1-3H3,(H,12,14). The first-order valence-corrected chi connectivity index (χ1v) is 5.60. The fraction of sp³-hybridized carbons (Fsp3) is 0.909. The topological polar surface area (TPSA) is 52.6 Å². The summed E-state index contributed by atoms with van der Waals surface area (Å²) in [5, 5.41) is 12.6. The SMILES string of the molecule is CC(C)CNC(=O)CN1CCC(C)(O)C1. The lowest BCUT2D eigenvalue weighted by atomic mass is 10.1. The molecular weight excluding hydrogens is 192 g/mol. The van der Waals surface area contributed by atoms with E-state index in [0.717, 1.165) is 19.5 Å². The van der Waals surface area contributed by atoms with Crippen LogP contribution in [-0.2, 0) is 4.79 Å². The Hall–Kier alpha value is -0.610. The van der Waals surface area contributed by atoms with Gasteiger partial charge >= 0.3 is 0 Å². The Kier molecular flexibility index (Phi) is 4.11. The third kappa shape index (κ3) is 4.62. The summed E-state index contributed by atoms with van der Waals surface area (Å²) in [6.45, 7) is 8.50. The zero-order chi connectivity index (χ0) is 11.5.